The summed E-state index contributed by atoms with van der Waals surface area (Å²) < 4.78 is 77.9. The Balaban J connectivity index is 2.23. The lowest BCUT2D eigenvalue weighted by Crippen LogP contribution is -2.40. The van der Waals surface area contributed by atoms with Crippen molar-refractivity contribution in [2.45, 2.75) is 37.7 Å². The van der Waals surface area contributed by atoms with E-state index in [1.807, 2.05) is 0 Å². The van der Waals surface area contributed by atoms with E-state index in [2.05, 4.69) is 16.8 Å². The maximum absolute atomic E-state index is 13.0. The molecule has 0 spiro atoms. The van der Waals surface area contributed by atoms with Gasteiger partial charge in [-0.1, -0.05) is 30.3 Å². The average molecular weight is 428 g/mol. The molecule has 1 atom stereocenters. The number of benzene rings is 2. The predicted molar refractivity (Wildman–Crippen MR) is 98.9 cm³/mol. The molecule has 0 heterocycles. The summed E-state index contributed by atoms with van der Waals surface area (Å²) in [5.74, 6) is 1.36. The molecule has 3 nitrogen and oxygen atoms in total. The maximum atomic E-state index is 13.0. The predicted octanol–water partition coefficient (Wildman–Crippen LogP) is 5.50. The molecular formula is C21H18F6N2O. The number of terminal acetylenes is 1. The molecule has 1 unspecified atom stereocenters. The van der Waals surface area contributed by atoms with Crippen LogP contribution in [0.4, 0.5) is 26.3 Å². The van der Waals surface area contributed by atoms with Gasteiger partial charge in [0.1, 0.15) is 0 Å². The molecule has 2 N–H and O–H groups in total. The molecule has 0 bridgehead atoms. The van der Waals surface area contributed by atoms with Crippen molar-refractivity contribution in [3.8, 4) is 12.3 Å². The summed E-state index contributed by atoms with van der Waals surface area (Å²) in [7, 11) is 0. The van der Waals surface area contributed by atoms with Crippen molar-refractivity contribution in [3.05, 3.63) is 70.8 Å². The highest BCUT2D eigenvalue weighted by Gasteiger charge is 2.37. The summed E-state index contributed by atoms with van der Waals surface area (Å²) in [6.07, 6.45) is -3.28. The third kappa shape index (κ3) is 6.52. The van der Waals surface area contributed by atoms with Gasteiger partial charge in [-0.2, -0.15) is 26.3 Å². The Bertz CT molecular complexity index is 868. The van der Waals surface area contributed by atoms with Crippen LogP contribution in [0.2, 0.25) is 0 Å². The third-order valence-corrected chi connectivity index (χ3v) is 4.23. The van der Waals surface area contributed by atoms with E-state index in [9.17, 15) is 31.1 Å². The summed E-state index contributed by atoms with van der Waals surface area (Å²) in [5.41, 5.74) is 1.78. The van der Waals surface area contributed by atoms with Crippen LogP contribution in [0.25, 0.3) is 0 Å². The van der Waals surface area contributed by atoms with Gasteiger partial charge >= 0.3 is 12.4 Å². The van der Waals surface area contributed by atoms with E-state index in [1.165, 1.54) is 0 Å². The van der Waals surface area contributed by atoms with Gasteiger partial charge in [0, 0.05) is 12.0 Å². The molecule has 0 aliphatic rings. The van der Waals surface area contributed by atoms with Crippen LogP contribution >= 0.6 is 0 Å². The fourth-order valence-corrected chi connectivity index (χ4v) is 2.73. The largest absolute Gasteiger partial charge is 0.416 e. The first-order valence-corrected chi connectivity index (χ1v) is 8.86. The number of unbranched alkanes of at least 4 members (excludes halogenated alkanes) is 1. The zero-order valence-corrected chi connectivity index (χ0v) is 15.6. The Kier molecular flexibility index (Phi) is 7.51. The number of hydrazine groups is 1. The van der Waals surface area contributed by atoms with E-state index < -0.39 is 41.0 Å². The Labute approximate surface area is 169 Å². The van der Waals surface area contributed by atoms with E-state index in [-0.39, 0.29) is 6.07 Å². The van der Waals surface area contributed by atoms with Gasteiger partial charge in [-0.3, -0.25) is 10.2 Å². The quantitative estimate of drug-likeness (QED) is 0.265. The van der Waals surface area contributed by atoms with E-state index in [4.69, 9.17) is 6.42 Å². The minimum atomic E-state index is -5.04. The lowest BCUT2D eigenvalue weighted by molar-refractivity contribution is -0.143. The van der Waals surface area contributed by atoms with Crippen molar-refractivity contribution in [3.63, 3.8) is 0 Å². The molecule has 2 rings (SSSR count). The van der Waals surface area contributed by atoms with Crippen LogP contribution in [0.5, 0.6) is 0 Å². The number of nitrogens with one attached hydrogen (secondary N) is 2. The molecule has 2 aromatic rings. The number of hydrogen-bond acceptors (Lipinski definition) is 2. The number of halogens is 6. The van der Waals surface area contributed by atoms with Crippen LogP contribution in [-0.4, -0.2) is 5.91 Å². The molecule has 30 heavy (non-hydrogen) atoms. The summed E-state index contributed by atoms with van der Waals surface area (Å²) >= 11 is 0. The molecule has 0 saturated heterocycles. The Morgan fingerprint density at radius 1 is 0.967 bits per heavy atom. The van der Waals surface area contributed by atoms with Gasteiger partial charge in [-0.25, -0.2) is 5.43 Å². The lowest BCUT2D eigenvalue weighted by atomic mass is 10.0. The summed E-state index contributed by atoms with van der Waals surface area (Å²) in [6.45, 7) is 0. The van der Waals surface area contributed by atoms with Crippen molar-refractivity contribution < 1.29 is 31.1 Å². The number of carbonyl (C=O) groups is 1. The molecule has 0 aliphatic heterocycles. The number of amides is 1. The van der Waals surface area contributed by atoms with Crippen molar-refractivity contribution >= 4 is 5.91 Å². The number of hydrogen-bond donors (Lipinski definition) is 2. The normalized spacial score (nSPS) is 12.8. The van der Waals surface area contributed by atoms with Gasteiger partial charge in [0.25, 0.3) is 5.91 Å². The average Bonchev–Trinajstić information content (AvgIpc) is 2.69. The zero-order valence-electron chi connectivity index (χ0n) is 15.6. The number of carbonyl (C=O) groups excluding carboxylic acids is 1. The maximum Gasteiger partial charge on any atom is 0.416 e. The van der Waals surface area contributed by atoms with Crippen molar-refractivity contribution in [1.29, 1.82) is 0 Å². The molecule has 0 fully saturated rings. The zero-order chi connectivity index (χ0) is 22.4. The Hall–Kier alpha value is -2.99. The van der Waals surface area contributed by atoms with Crippen LogP contribution in [0.3, 0.4) is 0 Å². The molecule has 2 aromatic carbocycles. The first-order chi connectivity index (χ1) is 14.0. The Morgan fingerprint density at radius 3 is 2.03 bits per heavy atom. The molecule has 0 radical (unpaired) electrons. The Morgan fingerprint density at radius 2 is 1.53 bits per heavy atom. The third-order valence-electron chi connectivity index (χ3n) is 4.23. The van der Waals surface area contributed by atoms with Crippen LogP contribution < -0.4 is 10.9 Å². The van der Waals surface area contributed by atoms with Crippen molar-refractivity contribution in [1.82, 2.24) is 10.9 Å². The lowest BCUT2D eigenvalue weighted by Gasteiger charge is -2.20. The van der Waals surface area contributed by atoms with E-state index in [0.717, 1.165) is 5.56 Å². The highest BCUT2D eigenvalue weighted by Crippen LogP contribution is 2.36. The summed E-state index contributed by atoms with van der Waals surface area (Å²) in [5, 5.41) is 0. The molecule has 0 saturated carbocycles. The first-order valence-electron chi connectivity index (χ1n) is 8.86. The standard InChI is InChI=1S/C21H18F6N2O/c1-2-3-5-10-18(14-8-6-4-7-9-14)28-29-19(30)15-11-16(20(22,23)24)13-17(12-15)21(25,26)27/h1,4,6-9,11-13,18,28H,3,5,10H2,(H,29,30). The van der Waals surface area contributed by atoms with Gasteiger partial charge in [0.05, 0.1) is 17.2 Å². The molecule has 1 amide bonds. The summed E-state index contributed by atoms with van der Waals surface area (Å²) in [6, 6.07) is 9.13. The van der Waals surface area contributed by atoms with Crippen molar-refractivity contribution in [2.24, 2.45) is 0 Å². The van der Waals surface area contributed by atoms with Crippen LogP contribution in [0.1, 0.15) is 52.4 Å². The number of rotatable bonds is 7. The molecule has 0 aliphatic carbocycles. The van der Waals surface area contributed by atoms with Gasteiger partial charge in [-0.05, 0) is 36.6 Å². The number of alkyl halides is 6. The van der Waals surface area contributed by atoms with Gasteiger partial charge in [0.2, 0.25) is 0 Å². The monoisotopic (exact) mass is 428 g/mol. The molecule has 9 heteroatoms. The summed E-state index contributed by atoms with van der Waals surface area (Å²) in [4.78, 5) is 12.3. The van der Waals surface area contributed by atoms with Gasteiger partial charge < -0.3 is 0 Å². The van der Waals surface area contributed by atoms with Gasteiger partial charge in [-0.15, -0.1) is 12.3 Å². The fraction of sp³-hybridized carbons (Fsp3) is 0.286. The fourth-order valence-electron chi connectivity index (χ4n) is 2.73. The first kappa shape index (κ1) is 23.3. The van der Waals surface area contributed by atoms with E-state index in [1.54, 1.807) is 30.3 Å². The molecule has 160 valence electrons. The second kappa shape index (κ2) is 9.67. The molecular weight excluding hydrogens is 410 g/mol. The second-order valence-corrected chi connectivity index (χ2v) is 6.45. The topological polar surface area (TPSA) is 41.1 Å². The highest BCUT2D eigenvalue weighted by molar-refractivity contribution is 5.94. The SMILES string of the molecule is C#CCCCC(NNC(=O)c1cc(C(F)(F)F)cc(C(F)(F)F)c1)c1ccccc1. The minimum Gasteiger partial charge on any atom is -0.287 e. The second-order valence-electron chi connectivity index (χ2n) is 6.45. The smallest absolute Gasteiger partial charge is 0.287 e. The van der Waals surface area contributed by atoms with E-state index >= 15 is 0 Å². The van der Waals surface area contributed by atoms with Crippen LogP contribution in [0, 0.1) is 12.3 Å². The van der Waals surface area contributed by atoms with Crippen LogP contribution in [-0.2, 0) is 12.4 Å². The minimum absolute atomic E-state index is 0.0310. The molecule has 0 aromatic heterocycles. The van der Waals surface area contributed by atoms with Crippen molar-refractivity contribution in [2.75, 3.05) is 0 Å². The van der Waals surface area contributed by atoms with Crippen LogP contribution in [0.15, 0.2) is 48.5 Å². The van der Waals surface area contributed by atoms with Gasteiger partial charge in [0.15, 0.2) is 0 Å². The van der Waals surface area contributed by atoms with E-state index in [0.29, 0.717) is 31.4 Å². The highest BCUT2D eigenvalue weighted by atomic mass is 19.4.